The van der Waals surface area contributed by atoms with Crippen LogP contribution in [0.1, 0.15) is 16.7 Å². The smallest absolute Gasteiger partial charge is 0.0995 e. The molecule has 62 valence electrons. The molecule has 0 aliphatic rings. The van der Waals surface area contributed by atoms with Gasteiger partial charge in [0.1, 0.15) is 0 Å². The normalized spacial score (nSPS) is 9.42. The number of nitrogen functional groups attached to an aromatic ring is 1. The molecule has 0 bridgehead atoms. The molecule has 0 heterocycles. The lowest BCUT2D eigenvalue weighted by Crippen LogP contribution is -2.02. The van der Waals surface area contributed by atoms with Crippen molar-refractivity contribution in [3.05, 3.63) is 28.8 Å². The predicted molar refractivity (Wildman–Crippen MR) is 48.2 cm³/mol. The van der Waals surface area contributed by atoms with Crippen molar-refractivity contribution in [1.82, 2.24) is 0 Å². The molecule has 4 N–H and O–H groups in total. The largest absolute Gasteiger partial charge is 0.398 e. The second-order valence-electron chi connectivity index (χ2n) is 2.68. The van der Waals surface area contributed by atoms with Gasteiger partial charge in [-0.3, -0.25) is 0 Å². The van der Waals surface area contributed by atoms with E-state index in [1.807, 2.05) is 13.0 Å². The molecule has 1 rings (SSSR count). The molecule has 0 unspecified atom stereocenters. The average molecular weight is 161 g/mol. The maximum Gasteiger partial charge on any atom is 0.0995 e. The highest BCUT2D eigenvalue weighted by Gasteiger charge is 2.02. The molecule has 0 radical (unpaired) electrons. The van der Waals surface area contributed by atoms with Crippen molar-refractivity contribution in [1.29, 1.82) is 5.26 Å². The monoisotopic (exact) mass is 161 g/mol. The molecule has 0 atom stereocenters. The molecule has 0 fully saturated rings. The lowest BCUT2D eigenvalue weighted by Gasteiger charge is -2.05. The zero-order valence-electron chi connectivity index (χ0n) is 6.96. The van der Waals surface area contributed by atoms with Gasteiger partial charge in [0.25, 0.3) is 0 Å². The molecule has 0 saturated heterocycles. The van der Waals surface area contributed by atoms with Crippen molar-refractivity contribution >= 4 is 5.69 Å². The Labute approximate surface area is 71.6 Å². The molecule has 0 aromatic heterocycles. The summed E-state index contributed by atoms with van der Waals surface area (Å²) >= 11 is 0. The highest BCUT2D eigenvalue weighted by molar-refractivity contribution is 5.55. The molecule has 3 heteroatoms. The van der Waals surface area contributed by atoms with E-state index in [0.717, 1.165) is 11.1 Å². The Morgan fingerprint density at radius 2 is 2.17 bits per heavy atom. The number of hydrogen-bond donors (Lipinski definition) is 2. The van der Waals surface area contributed by atoms with Crippen molar-refractivity contribution in [3.8, 4) is 6.07 Å². The van der Waals surface area contributed by atoms with Crippen molar-refractivity contribution in [2.75, 3.05) is 5.73 Å². The van der Waals surface area contributed by atoms with Crippen LogP contribution >= 0.6 is 0 Å². The molecule has 0 spiro atoms. The summed E-state index contributed by atoms with van der Waals surface area (Å²) in [5.74, 6) is 0. The zero-order valence-corrected chi connectivity index (χ0v) is 6.96. The topological polar surface area (TPSA) is 75.8 Å². The highest BCUT2D eigenvalue weighted by Crippen LogP contribution is 2.17. The fourth-order valence-corrected chi connectivity index (χ4v) is 1.08. The number of hydrogen-bond acceptors (Lipinski definition) is 3. The molecule has 0 saturated carbocycles. The van der Waals surface area contributed by atoms with Gasteiger partial charge in [0.2, 0.25) is 0 Å². The van der Waals surface area contributed by atoms with Crippen LogP contribution in [-0.2, 0) is 6.54 Å². The van der Waals surface area contributed by atoms with Gasteiger partial charge < -0.3 is 11.5 Å². The standard InChI is InChI=1S/C9H11N3/c1-6-2-8(5-11)9(12)3-7(6)4-10/h2-3H,5,11-12H2,1H3. The lowest BCUT2D eigenvalue weighted by atomic mass is 10.0. The van der Waals surface area contributed by atoms with Crippen LogP contribution in [-0.4, -0.2) is 0 Å². The summed E-state index contributed by atoms with van der Waals surface area (Å²) in [6.45, 7) is 2.29. The first-order valence-electron chi connectivity index (χ1n) is 3.68. The van der Waals surface area contributed by atoms with E-state index in [1.54, 1.807) is 6.07 Å². The third kappa shape index (κ3) is 1.39. The van der Waals surface area contributed by atoms with Gasteiger partial charge in [-0.1, -0.05) is 6.07 Å². The first kappa shape index (κ1) is 8.57. The van der Waals surface area contributed by atoms with Crippen molar-refractivity contribution in [2.24, 2.45) is 5.73 Å². The number of nitriles is 1. The quantitative estimate of drug-likeness (QED) is 0.601. The number of nitrogens with zero attached hydrogens (tertiary/aromatic N) is 1. The second kappa shape index (κ2) is 3.24. The van der Waals surface area contributed by atoms with E-state index < -0.39 is 0 Å². The molecule has 3 nitrogen and oxygen atoms in total. The van der Waals surface area contributed by atoms with Gasteiger partial charge in [0, 0.05) is 12.2 Å². The summed E-state index contributed by atoms with van der Waals surface area (Å²) in [5.41, 5.74) is 14.1. The number of benzene rings is 1. The van der Waals surface area contributed by atoms with Gasteiger partial charge in [-0.05, 0) is 24.1 Å². The molecule has 0 amide bonds. The SMILES string of the molecule is Cc1cc(CN)c(N)cc1C#N. The van der Waals surface area contributed by atoms with Crippen molar-refractivity contribution in [3.63, 3.8) is 0 Å². The Morgan fingerprint density at radius 3 is 2.67 bits per heavy atom. The molecule has 0 aliphatic carbocycles. The maximum atomic E-state index is 8.67. The summed E-state index contributed by atoms with van der Waals surface area (Å²) < 4.78 is 0. The third-order valence-electron chi connectivity index (χ3n) is 1.83. The van der Waals surface area contributed by atoms with Gasteiger partial charge >= 0.3 is 0 Å². The summed E-state index contributed by atoms with van der Waals surface area (Å²) in [6.07, 6.45) is 0. The van der Waals surface area contributed by atoms with E-state index in [4.69, 9.17) is 16.7 Å². The van der Waals surface area contributed by atoms with Crippen LogP contribution in [0.2, 0.25) is 0 Å². The minimum Gasteiger partial charge on any atom is -0.398 e. The van der Waals surface area contributed by atoms with Gasteiger partial charge in [0.15, 0.2) is 0 Å². The van der Waals surface area contributed by atoms with E-state index in [0.29, 0.717) is 17.8 Å². The Morgan fingerprint density at radius 1 is 1.50 bits per heavy atom. The summed E-state index contributed by atoms with van der Waals surface area (Å²) in [7, 11) is 0. The molecule has 1 aromatic carbocycles. The van der Waals surface area contributed by atoms with Crippen LogP contribution < -0.4 is 11.5 Å². The highest BCUT2D eigenvalue weighted by atomic mass is 14.6. The second-order valence-corrected chi connectivity index (χ2v) is 2.68. The first-order chi connectivity index (χ1) is 5.69. The molecule has 1 aromatic rings. The third-order valence-corrected chi connectivity index (χ3v) is 1.83. The Balaban J connectivity index is 3.28. The van der Waals surface area contributed by atoms with Crippen LogP contribution in [0.5, 0.6) is 0 Å². The lowest BCUT2D eigenvalue weighted by molar-refractivity contribution is 1.07. The van der Waals surface area contributed by atoms with E-state index in [9.17, 15) is 0 Å². The summed E-state index contributed by atoms with van der Waals surface area (Å²) in [5, 5.41) is 8.67. The number of nitrogens with two attached hydrogens (primary N) is 2. The van der Waals surface area contributed by atoms with Gasteiger partial charge in [-0.2, -0.15) is 5.26 Å². The van der Waals surface area contributed by atoms with Crippen molar-refractivity contribution in [2.45, 2.75) is 13.5 Å². The Bertz CT molecular complexity index is 336. The molecule has 0 aliphatic heterocycles. The Kier molecular flexibility index (Phi) is 2.32. The van der Waals surface area contributed by atoms with Gasteiger partial charge in [-0.15, -0.1) is 0 Å². The number of rotatable bonds is 1. The minimum absolute atomic E-state index is 0.415. The van der Waals surface area contributed by atoms with Crippen LogP contribution in [0.4, 0.5) is 5.69 Å². The van der Waals surface area contributed by atoms with Crippen LogP contribution in [0.15, 0.2) is 12.1 Å². The number of aryl methyl sites for hydroxylation is 1. The van der Waals surface area contributed by atoms with E-state index in [1.165, 1.54) is 0 Å². The first-order valence-corrected chi connectivity index (χ1v) is 3.68. The molecular weight excluding hydrogens is 150 g/mol. The van der Waals surface area contributed by atoms with Gasteiger partial charge in [0.05, 0.1) is 11.6 Å². The van der Waals surface area contributed by atoms with Crippen LogP contribution in [0.25, 0.3) is 0 Å². The fraction of sp³-hybridized carbons (Fsp3) is 0.222. The predicted octanol–water partition coefficient (Wildman–Crippen LogP) is 0.908. The van der Waals surface area contributed by atoms with Crippen molar-refractivity contribution < 1.29 is 0 Å². The van der Waals surface area contributed by atoms with E-state index in [2.05, 4.69) is 6.07 Å². The van der Waals surface area contributed by atoms with Crippen LogP contribution in [0, 0.1) is 18.3 Å². The van der Waals surface area contributed by atoms with Crippen LogP contribution in [0.3, 0.4) is 0 Å². The Hall–Kier alpha value is -1.53. The molecular formula is C9H11N3. The zero-order chi connectivity index (χ0) is 9.14. The average Bonchev–Trinajstić information content (AvgIpc) is 2.08. The van der Waals surface area contributed by atoms with E-state index >= 15 is 0 Å². The fourth-order valence-electron chi connectivity index (χ4n) is 1.08. The minimum atomic E-state index is 0.415. The molecule has 12 heavy (non-hydrogen) atoms. The maximum absolute atomic E-state index is 8.67. The van der Waals surface area contributed by atoms with E-state index in [-0.39, 0.29) is 0 Å². The number of anilines is 1. The summed E-state index contributed by atoms with van der Waals surface area (Å²) in [4.78, 5) is 0. The summed E-state index contributed by atoms with van der Waals surface area (Å²) in [6, 6.07) is 5.59. The van der Waals surface area contributed by atoms with Gasteiger partial charge in [-0.25, -0.2) is 0 Å².